The van der Waals surface area contributed by atoms with E-state index in [2.05, 4.69) is 28.4 Å². The molecule has 4 nitrogen and oxygen atoms in total. The first kappa shape index (κ1) is 15.1. The molecule has 1 aliphatic heterocycles. The highest BCUT2D eigenvalue weighted by Gasteiger charge is 2.23. The topological polar surface area (TPSA) is 45.2 Å². The van der Waals surface area contributed by atoms with Crippen LogP contribution in [0.1, 0.15) is 23.2 Å². The molecule has 0 aliphatic carbocycles. The van der Waals surface area contributed by atoms with Crippen LogP contribution in [-0.4, -0.2) is 30.0 Å². The summed E-state index contributed by atoms with van der Waals surface area (Å²) in [5.74, 6) is 0.0223. The number of nitrogens with zero attached hydrogens (tertiary/aromatic N) is 2. The normalized spacial score (nSPS) is 15.6. The van der Waals surface area contributed by atoms with Crippen molar-refractivity contribution in [3.63, 3.8) is 0 Å². The third kappa shape index (κ3) is 3.12. The molecule has 0 radical (unpaired) electrons. The lowest BCUT2D eigenvalue weighted by Gasteiger charge is -2.32. The van der Waals surface area contributed by atoms with Crippen LogP contribution in [0.4, 0.5) is 5.13 Å². The summed E-state index contributed by atoms with van der Waals surface area (Å²) in [4.78, 5) is 19.3. The van der Waals surface area contributed by atoms with Gasteiger partial charge in [0.15, 0.2) is 5.13 Å². The fourth-order valence-electron chi connectivity index (χ4n) is 3.07. The summed E-state index contributed by atoms with van der Waals surface area (Å²) in [6, 6.07) is 17.9. The molecule has 2 aromatic carbocycles. The van der Waals surface area contributed by atoms with E-state index in [1.54, 1.807) is 11.3 Å². The molecule has 24 heavy (non-hydrogen) atoms. The summed E-state index contributed by atoms with van der Waals surface area (Å²) >= 11 is 1.74. The van der Waals surface area contributed by atoms with Crippen LogP contribution >= 0.6 is 11.3 Å². The maximum absolute atomic E-state index is 12.2. The molecular formula is C19H19N3OS. The Kier molecular flexibility index (Phi) is 4.17. The summed E-state index contributed by atoms with van der Waals surface area (Å²) in [5.41, 5.74) is 1.79. The summed E-state index contributed by atoms with van der Waals surface area (Å²) in [6.45, 7) is 1.86. The number of rotatable bonds is 3. The van der Waals surface area contributed by atoms with E-state index in [0.29, 0.717) is 0 Å². The second-order valence-corrected chi connectivity index (χ2v) is 7.07. The summed E-state index contributed by atoms with van der Waals surface area (Å²) in [6.07, 6.45) is 1.91. The summed E-state index contributed by atoms with van der Waals surface area (Å²) in [5, 5.41) is 4.24. The number of para-hydroxylation sites is 1. The molecule has 0 unspecified atom stereocenters. The maximum atomic E-state index is 12.2. The van der Waals surface area contributed by atoms with Crippen molar-refractivity contribution in [2.75, 3.05) is 18.0 Å². The molecule has 0 atom stereocenters. The minimum absolute atomic E-state index is 0.0223. The highest BCUT2D eigenvalue weighted by Crippen LogP contribution is 2.30. The van der Waals surface area contributed by atoms with E-state index in [-0.39, 0.29) is 11.9 Å². The minimum Gasteiger partial charge on any atom is -0.349 e. The van der Waals surface area contributed by atoms with Crippen LogP contribution in [0.25, 0.3) is 10.2 Å². The molecule has 1 saturated heterocycles. The lowest BCUT2D eigenvalue weighted by atomic mass is 10.0. The number of carbonyl (C=O) groups is 1. The molecule has 0 spiro atoms. The van der Waals surface area contributed by atoms with Gasteiger partial charge in [0.2, 0.25) is 0 Å². The minimum atomic E-state index is 0.0223. The van der Waals surface area contributed by atoms with Gasteiger partial charge in [-0.05, 0) is 37.1 Å². The van der Waals surface area contributed by atoms with Crippen molar-refractivity contribution in [2.45, 2.75) is 18.9 Å². The Morgan fingerprint density at radius 3 is 2.50 bits per heavy atom. The molecule has 1 N–H and O–H groups in total. The van der Waals surface area contributed by atoms with Gasteiger partial charge in [-0.1, -0.05) is 41.7 Å². The second kappa shape index (κ2) is 6.61. The van der Waals surface area contributed by atoms with Gasteiger partial charge in [-0.3, -0.25) is 4.79 Å². The SMILES string of the molecule is O=C(NC1CCN(c2nc3ccccc3s2)CC1)c1ccccc1. The molecule has 3 aromatic rings. The lowest BCUT2D eigenvalue weighted by molar-refractivity contribution is 0.0931. The first-order valence-corrected chi connectivity index (χ1v) is 9.08. The van der Waals surface area contributed by atoms with Gasteiger partial charge in [0.1, 0.15) is 0 Å². The van der Waals surface area contributed by atoms with Crippen LogP contribution in [0, 0.1) is 0 Å². The van der Waals surface area contributed by atoms with Gasteiger partial charge in [0, 0.05) is 24.7 Å². The third-order valence-electron chi connectivity index (χ3n) is 4.42. The summed E-state index contributed by atoms with van der Waals surface area (Å²) < 4.78 is 1.23. The van der Waals surface area contributed by atoms with Gasteiger partial charge in [-0.2, -0.15) is 0 Å². The first-order valence-electron chi connectivity index (χ1n) is 8.26. The zero-order valence-corrected chi connectivity index (χ0v) is 14.1. The van der Waals surface area contributed by atoms with Gasteiger partial charge in [-0.15, -0.1) is 0 Å². The second-order valence-electron chi connectivity index (χ2n) is 6.06. The van der Waals surface area contributed by atoms with Gasteiger partial charge >= 0.3 is 0 Å². The molecule has 122 valence electrons. The Balaban J connectivity index is 1.37. The Hall–Kier alpha value is -2.40. The molecule has 1 amide bonds. The monoisotopic (exact) mass is 337 g/mol. The predicted molar refractivity (Wildman–Crippen MR) is 98.8 cm³/mol. The standard InChI is InChI=1S/C19H19N3OS/c23-18(14-6-2-1-3-7-14)20-15-10-12-22(13-11-15)19-21-16-8-4-5-9-17(16)24-19/h1-9,15H,10-13H2,(H,20,23). The van der Waals surface area contributed by atoms with E-state index in [1.165, 1.54) is 4.70 Å². The van der Waals surface area contributed by atoms with Crippen molar-refractivity contribution in [3.05, 3.63) is 60.2 Å². The van der Waals surface area contributed by atoms with Gasteiger partial charge in [0.25, 0.3) is 5.91 Å². The van der Waals surface area contributed by atoms with Gasteiger partial charge in [0.05, 0.1) is 10.2 Å². The maximum Gasteiger partial charge on any atom is 0.251 e. The van der Waals surface area contributed by atoms with Crippen molar-refractivity contribution in [2.24, 2.45) is 0 Å². The number of hydrogen-bond acceptors (Lipinski definition) is 4. The zero-order chi connectivity index (χ0) is 16.4. The molecule has 2 heterocycles. The Morgan fingerprint density at radius 1 is 1.04 bits per heavy atom. The number of amides is 1. The Labute approximate surface area is 145 Å². The largest absolute Gasteiger partial charge is 0.349 e. The van der Waals surface area contributed by atoms with E-state index in [1.807, 2.05) is 36.4 Å². The average molecular weight is 337 g/mol. The number of benzene rings is 2. The average Bonchev–Trinajstić information content (AvgIpc) is 3.07. The quantitative estimate of drug-likeness (QED) is 0.793. The molecule has 1 aliphatic rings. The van der Waals surface area contributed by atoms with Gasteiger partial charge < -0.3 is 10.2 Å². The zero-order valence-electron chi connectivity index (χ0n) is 13.3. The van der Waals surface area contributed by atoms with E-state index in [4.69, 9.17) is 4.98 Å². The van der Waals surface area contributed by atoms with E-state index < -0.39 is 0 Å². The van der Waals surface area contributed by atoms with Crippen LogP contribution in [0.5, 0.6) is 0 Å². The first-order chi connectivity index (χ1) is 11.8. The van der Waals surface area contributed by atoms with Gasteiger partial charge in [-0.25, -0.2) is 4.98 Å². The molecule has 0 bridgehead atoms. The molecular weight excluding hydrogens is 318 g/mol. The molecule has 1 aromatic heterocycles. The van der Waals surface area contributed by atoms with Crippen molar-refractivity contribution in [3.8, 4) is 0 Å². The van der Waals surface area contributed by atoms with Crippen molar-refractivity contribution in [1.29, 1.82) is 0 Å². The number of piperidine rings is 1. The van der Waals surface area contributed by atoms with Crippen molar-refractivity contribution < 1.29 is 4.79 Å². The van der Waals surface area contributed by atoms with Crippen LogP contribution in [0.3, 0.4) is 0 Å². The highest BCUT2D eigenvalue weighted by molar-refractivity contribution is 7.22. The molecule has 0 saturated carbocycles. The number of nitrogens with one attached hydrogen (secondary N) is 1. The lowest BCUT2D eigenvalue weighted by Crippen LogP contribution is -2.44. The number of aromatic nitrogens is 1. The number of anilines is 1. The van der Waals surface area contributed by atoms with E-state index in [0.717, 1.165) is 42.1 Å². The van der Waals surface area contributed by atoms with E-state index in [9.17, 15) is 4.79 Å². The Morgan fingerprint density at radius 2 is 1.75 bits per heavy atom. The number of hydrogen-bond donors (Lipinski definition) is 1. The fraction of sp³-hybridized carbons (Fsp3) is 0.263. The molecule has 1 fully saturated rings. The number of carbonyl (C=O) groups excluding carboxylic acids is 1. The highest BCUT2D eigenvalue weighted by atomic mass is 32.1. The Bertz CT molecular complexity index is 805. The van der Waals surface area contributed by atoms with E-state index >= 15 is 0 Å². The van der Waals surface area contributed by atoms with Crippen molar-refractivity contribution >= 4 is 32.6 Å². The predicted octanol–water partition coefficient (Wildman–Crippen LogP) is 3.70. The molecule has 4 rings (SSSR count). The van der Waals surface area contributed by atoms with Crippen LogP contribution < -0.4 is 10.2 Å². The van der Waals surface area contributed by atoms with Crippen molar-refractivity contribution in [1.82, 2.24) is 10.3 Å². The smallest absolute Gasteiger partial charge is 0.251 e. The van der Waals surface area contributed by atoms with Crippen LogP contribution in [-0.2, 0) is 0 Å². The number of fused-ring (bicyclic) bond motifs is 1. The van der Waals surface area contributed by atoms with Crippen LogP contribution in [0.2, 0.25) is 0 Å². The van der Waals surface area contributed by atoms with Crippen LogP contribution in [0.15, 0.2) is 54.6 Å². The fourth-order valence-corrected chi connectivity index (χ4v) is 4.09. The summed E-state index contributed by atoms with van der Waals surface area (Å²) in [7, 11) is 0. The third-order valence-corrected chi connectivity index (χ3v) is 5.52. The number of thiazole rings is 1. The molecule has 5 heteroatoms.